The molecule has 1 aliphatic rings. The van der Waals surface area contributed by atoms with Crippen molar-refractivity contribution in [3.8, 4) is 16.4 Å². The fraction of sp³-hybridized carbons (Fsp3) is 0.429. The lowest BCUT2D eigenvalue weighted by Gasteiger charge is -2.12. The van der Waals surface area contributed by atoms with Gasteiger partial charge in [0, 0.05) is 17.7 Å². The number of primary amides is 1. The molecule has 0 fully saturated rings. The van der Waals surface area contributed by atoms with Gasteiger partial charge < -0.3 is 14.9 Å². The molecule has 2 aromatic rings. The Hall–Kier alpha value is -1.47. The largest absolute Gasteiger partial charge is 0.441 e. The van der Waals surface area contributed by atoms with Gasteiger partial charge in [0.25, 0.3) is 0 Å². The van der Waals surface area contributed by atoms with Crippen LogP contribution in [0.2, 0.25) is 0 Å². The third-order valence-corrected chi connectivity index (χ3v) is 5.45. The van der Waals surface area contributed by atoms with Crippen LogP contribution in [0.4, 0.5) is 4.79 Å². The number of carbonyl (C=O) groups excluding carboxylic acids is 1. The highest BCUT2D eigenvalue weighted by molar-refractivity contribution is 8.01. The van der Waals surface area contributed by atoms with Gasteiger partial charge in [0.15, 0.2) is 16.7 Å². The molecule has 7 heteroatoms. The number of thiophene rings is 1. The molecule has 0 bridgehead atoms. The summed E-state index contributed by atoms with van der Waals surface area (Å²) < 4.78 is 12.1. The number of amides is 1. The molecule has 2 N–H and O–H groups in total. The molecule has 0 spiro atoms. The summed E-state index contributed by atoms with van der Waals surface area (Å²) in [5.74, 6) is 1.48. The standard InChI is InChI=1S/C14H16N2O3S2/c1-6(2)20-13-10-8(12(21-13)19-14(15)17)4-5-9-11(10)18-7(3)16-9/h6H,4-5H2,1-3H3,(H2,15,17). The van der Waals surface area contributed by atoms with Gasteiger partial charge in [0.1, 0.15) is 0 Å². The number of carbonyl (C=O) groups is 1. The summed E-state index contributed by atoms with van der Waals surface area (Å²) >= 11 is 3.19. The zero-order valence-electron chi connectivity index (χ0n) is 12.1. The third-order valence-electron chi connectivity index (χ3n) is 3.12. The fourth-order valence-corrected chi connectivity index (χ4v) is 5.12. The summed E-state index contributed by atoms with van der Waals surface area (Å²) in [7, 11) is 0. The van der Waals surface area contributed by atoms with Crippen molar-refractivity contribution < 1.29 is 13.9 Å². The molecule has 0 aliphatic heterocycles. The van der Waals surface area contributed by atoms with Crippen LogP contribution in [0.25, 0.3) is 11.3 Å². The quantitative estimate of drug-likeness (QED) is 0.870. The van der Waals surface area contributed by atoms with Gasteiger partial charge in [-0.05, 0) is 12.8 Å². The molecule has 2 heterocycles. The summed E-state index contributed by atoms with van der Waals surface area (Å²) in [5.41, 5.74) is 8.18. The van der Waals surface area contributed by atoms with Crippen molar-refractivity contribution in [1.82, 2.24) is 4.98 Å². The number of nitrogens with zero attached hydrogens (tertiary/aromatic N) is 1. The first-order valence-electron chi connectivity index (χ1n) is 6.72. The second-order valence-corrected chi connectivity index (χ2v) is 7.96. The molecule has 112 valence electrons. The second-order valence-electron chi connectivity index (χ2n) is 5.13. The van der Waals surface area contributed by atoms with E-state index in [1.165, 1.54) is 11.3 Å². The number of ether oxygens (including phenoxy) is 1. The van der Waals surface area contributed by atoms with Gasteiger partial charge in [0.05, 0.1) is 15.5 Å². The summed E-state index contributed by atoms with van der Waals surface area (Å²) in [6.45, 7) is 6.10. The molecular weight excluding hydrogens is 308 g/mol. The maximum absolute atomic E-state index is 11.1. The summed E-state index contributed by atoms with van der Waals surface area (Å²) in [4.78, 5) is 15.5. The van der Waals surface area contributed by atoms with Crippen LogP contribution >= 0.6 is 23.1 Å². The van der Waals surface area contributed by atoms with Gasteiger partial charge in [-0.3, -0.25) is 0 Å². The van der Waals surface area contributed by atoms with Crippen LogP contribution in [-0.2, 0) is 12.8 Å². The highest BCUT2D eigenvalue weighted by Gasteiger charge is 2.31. The lowest BCUT2D eigenvalue weighted by molar-refractivity contribution is 0.212. The Morgan fingerprint density at radius 2 is 2.24 bits per heavy atom. The minimum absolute atomic E-state index is 0.420. The lowest BCUT2D eigenvalue weighted by atomic mass is 9.97. The number of fused-ring (bicyclic) bond motifs is 3. The topological polar surface area (TPSA) is 78.3 Å². The molecular formula is C14H16N2O3S2. The number of hydrogen-bond donors (Lipinski definition) is 1. The Morgan fingerprint density at radius 1 is 1.48 bits per heavy atom. The predicted octanol–water partition coefficient (Wildman–Crippen LogP) is 3.77. The van der Waals surface area contributed by atoms with E-state index < -0.39 is 6.09 Å². The van der Waals surface area contributed by atoms with Crippen molar-refractivity contribution in [2.75, 3.05) is 0 Å². The van der Waals surface area contributed by atoms with Crippen molar-refractivity contribution in [1.29, 1.82) is 0 Å². The van der Waals surface area contributed by atoms with E-state index in [9.17, 15) is 4.79 Å². The molecule has 3 rings (SSSR count). The van der Waals surface area contributed by atoms with Crippen LogP contribution in [0, 0.1) is 6.92 Å². The second kappa shape index (κ2) is 5.38. The van der Waals surface area contributed by atoms with E-state index in [0.717, 1.165) is 39.6 Å². The summed E-state index contributed by atoms with van der Waals surface area (Å²) in [6, 6.07) is 0. The number of aryl methyl sites for hydroxylation is 2. The SMILES string of the molecule is Cc1nc2c(o1)-c1c(SC(C)C)sc(OC(N)=O)c1CC2. The predicted molar refractivity (Wildman–Crippen MR) is 83.2 cm³/mol. The molecule has 1 aliphatic carbocycles. The number of thioether (sulfide) groups is 1. The highest BCUT2D eigenvalue weighted by atomic mass is 32.2. The Balaban J connectivity index is 2.14. The summed E-state index contributed by atoms with van der Waals surface area (Å²) in [6.07, 6.45) is 0.795. The Labute approximate surface area is 130 Å². The minimum atomic E-state index is -0.778. The zero-order chi connectivity index (χ0) is 15.1. The van der Waals surface area contributed by atoms with Crippen LogP contribution < -0.4 is 10.5 Å². The van der Waals surface area contributed by atoms with Gasteiger partial charge in [0.2, 0.25) is 0 Å². The fourth-order valence-electron chi connectivity index (χ4n) is 2.43. The average Bonchev–Trinajstić information content (AvgIpc) is 2.88. The van der Waals surface area contributed by atoms with Crippen molar-refractivity contribution in [3.63, 3.8) is 0 Å². The van der Waals surface area contributed by atoms with Crippen LogP contribution in [-0.4, -0.2) is 16.3 Å². The van der Waals surface area contributed by atoms with Gasteiger partial charge in [-0.1, -0.05) is 25.2 Å². The molecule has 5 nitrogen and oxygen atoms in total. The monoisotopic (exact) mass is 324 g/mol. The molecule has 0 radical (unpaired) electrons. The van der Waals surface area contributed by atoms with Crippen LogP contribution in [0.3, 0.4) is 0 Å². The lowest BCUT2D eigenvalue weighted by Crippen LogP contribution is -2.16. The van der Waals surface area contributed by atoms with Gasteiger partial charge >= 0.3 is 6.09 Å². The van der Waals surface area contributed by atoms with Crippen molar-refractivity contribution in [2.24, 2.45) is 5.73 Å². The van der Waals surface area contributed by atoms with Gasteiger partial charge in [-0.2, -0.15) is 0 Å². The number of hydrogen-bond acceptors (Lipinski definition) is 6. The molecule has 2 aromatic heterocycles. The van der Waals surface area contributed by atoms with Crippen LogP contribution in [0.1, 0.15) is 31.0 Å². The zero-order valence-corrected chi connectivity index (χ0v) is 13.7. The maximum Gasteiger partial charge on any atom is 0.410 e. The van der Waals surface area contributed by atoms with E-state index in [4.69, 9.17) is 14.9 Å². The average molecular weight is 324 g/mol. The Bertz CT molecular complexity index is 703. The molecule has 0 atom stereocenters. The summed E-state index contributed by atoms with van der Waals surface area (Å²) in [5, 5.41) is 1.00. The van der Waals surface area contributed by atoms with Crippen molar-refractivity contribution >= 4 is 29.2 Å². The normalized spacial score (nSPS) is 13.1. The highest BCUT2D eigenvalue weighted by Crippen LogP contribution is 2.51. The molecule has 21 heavy (non-hydrogen) atoms. The van der Waals surface area contributed by atoms with Crippen LogP contribution in [0.5, 0.6) is 5.06 Å². The van der Waals surface area contributed by atoms with Crippen LogP contribution in [0.15, 0.2) is 8.63 Å². The third kappa shape index (κ3) is 2.67. The molecule has 0 unspecified atom stereocenters. The Morgan fingerprint density at radius 3 is 2.90 bits per heavy atom. The number of nitrogens with two attached hydrogens (primary N) is 1. The van der Waals surface area contributed by atoms with E-state index in [2.05, 4.69) is 18.8 Å². The molecule has 0 saturated carbocycles. The number of rotatable bonds is 3. The number of aromatic nitrogens is 1. The van der Waals surface area contributed by atoms with Gasteiger partial charge in [-0.15, -0.1) is 11.8 Å². The first-order chi connectivity index (χ1) is 9.95. The van der Waals surface area contributed by atoms with Crippen molar-refractivity contribution in [3.05, 3.63) is 17.1 Å². The van der Waals surface area contributed by atoms with E-state index in [-0.39, 0.29) is 0 Å². The van der Waals surface area contributed by atoms with E-state index in [1.807, 2.05) is 6.92 Å². The first-order valence-corrected chi connectivity index (χ1v) is 8.41. The maximum atomic E-state index is 11.1. The van der Waals surface area contributed by atoms with E-state index in [0.29, 0.717) is 16.2 Å². The first kappa shape index (κ1) is 14.5. The van der Waals surface area contributed by atoms with E-state index >= 15 is 0 Å². The van der Waals surface area contributed by atoms with Crippen molar-refractivity contribution in [2.45, 2.75) is 43.1 Å². The minimum Gasteiger partial charge on any atom is -0.441 e. The van der Waals surface area contributed by atoms with Gasteiger partial charge in [-0.25, -0.2) is 9.78 Å². The smallest absolute Gasteiger partial charge is 0.410 e. The van der Waals surface area contributed by atoms with E-state index in [1.54, 1.807) is 11.8 Å². The molecule has 0 aromatic carbocycles. The number of oxazole rings is 1. The molecule has 0 saturated heterocycles. The molecule has 1 amide bonds. The Kier molecular flexibility index (Phi) is 3.71.